The van der Waals surface area contributed by atoms with Crippen molar-refractivity contribution in [3.8, 4) is 0 Å². The summed E-state index contributed by atoms with van der Waals surface area (Å²) in [5, 5.41) is 8.64. The maximum absolute atomic E-state index is 13.1. The lowest BCUT2D eigenvalue weighted by molar-refractivity contribution is 0.0624. The molecule has 2 saturated heterocycles. The van der Waals surface area contributed by atoms with E-state index in [4.69, 9.17) is 11.6 Å². The molecule has 1 aromatic heterocycles. The highest BCUT2D eigenvalue weighted by Crippen LogP contribution is 2.29. The molecule has 3 heterocycles. The standard InChI is InChI=1S/C17H21ClN4O/c1-11-5-8-22(15(11)10-21-6-2-7-21)17(23)16-13-9-12(18)3-4-14(13)19-20-16/h3-4,9,11,15H,2,5-8,10H2,1H3,(H,19,20). The number of aromatic nitrogens is 2. The summed E-state index contributed by atoms with van der Waals surface area (Å²) in [5.74, 6) is 0.557. The van der Waals surface area contributed by atoms with Crippen LogP contribution in [0.15, 0.2) is 18.2 Å². The highest BCUT2D eigenvalue weighted by atomic mass is 35.5. The predicted octanol–water partition coefficient (Wildman–Crippen LogP) is 2.77. The number of nitrogens with one attached hydrogen (secondary N) is 1. The first-order chi connectivity index (χ1) is 11.1. The third-order valence-electron chi connectivity index (χ3n) is 5.26. The lowest BCUT2D eigenvalue weighted by Crippen LogP contribution is -2.49. The fraction of sp³-hybridized carbons (Fsp3) is 0.529. The lowest BCUT2D eigenvalue weighted by atomic mass is 10.0. The van der Waals surface area contributed by atoms with Crippen molar-refractivity contribution in [1.82, 2.24) is 20.0 Å². The van der Waals surface area contributed by atoms with Crippen LogP contribution >= 0.6 is 11.6 Å². The highest BCUT2D eigenvalue weighted by Gasteiger charge is 2.37. The number of likely N-dealkylation sites (tertiary alicyclic amines) is 2. The first-order valence-electron chi connectivity index (χ1n) is 8.30. The molecule has 2 fully saturated rings. The zero-order valence-electron chi connectivity index (χ0n) is 13.3. The summed E-state index contributed by atoms with van der Waals surface area (Å²) in [6.45, 7) is 6.36. The molecule has 1 N–H and O–H groups in total. The van der Waals surface area contributed by atoms with Crippen LogP contribution in [0, 0.1) is 5.92 Å². The molecule has 2 unspecified atom stereocenters. The summed E-state index contributed by atoms with van der Waals surface area (Å²) < 4.78 is 0. The second kappa shape index (κ2) is 5.80. The first-order valence-corrected chi connectivity index (χ1v) is 8.68. The van der Waals surface area contributed by atoms with E-state index >= 15 is 0 Å². The molecule has 2 aliphatic heterocycles. The largest absolute Gasteiger partial charge is 0.333 e. The van der Waals surface area contributed by atoms with Crippen LogP contribution < -0.4 is 0 Å². The van der Waals surface area contributed by atoms with Crippen molar-refractivity contribution in [1.29, 1.82) is 0 Å². The number of hydrogen-bond donors (Lipinski definition) is 1. The Bertz CT molecular complexity index is 739. The molecule has 0 saturated carbocycles. The van der Waals surface area contributed by atoms with Crippen LogP contribution in [0.5, 0.6) is 0 Å². The van der Waals surface area contributed by atoms with Gasteiger partial charge in [0.2, 0.25) is 0 Å². The number of hydrogen-bond acceptors (Lipinski definition) is 3. The molecule has 0 bridgehead atoms. The van der Waals surface area contributed by atoms with Crippen LogP contribution in [0.3, 0.4) is 0 Å². The number of nitrogens with zero attached hydrogens (tertiary/aromatic N) is 3. The van der Waals surface area contributed by atoms with Crippen molar-refractivity contribution >= 4 is 28.4 Å². The van der Waals surface area contributed by atoms with Crippen LogP contribution in [0.1, 0.15) is 30.3 Å². The van der Waals surface area contributed by atoms with Gasteiger partial charge in [0.05, 0.1) is 5.52 Å². The minimum Gasteiger partial charge on any atom is -0.333 e. The average molecular weight is 333 g/mol. The van der Waals surface area contributed by atoms with Gasteiger partial charge in [0.15, 0.2) is 5.69 Å². The van der Waals surface area contributed by atoms with Gasteiger partial charge in [-0.15, -0.1) is 0 Å². The number of amides is 1. The minimum atomic E-state index is 0.0217. The van der Waals surface area contributed by atoms with E-state index < -0.39 is 0 Å². The molecule has 0 aliphatic carbocycles. The van der Waals surface area contributed by atoms with E-state index in [2.05, 4.69) is 22.0 Å². The van der Waals surface area contributed by atoms with E-state index in [1.807, 2.05) is 17.0 Å². The van der Waals surface area contributed by atoms with Crippen molar-refractivity contribution in [3.63, 3.8) is 0 Å². The monoisotopic (exact) mass is 332 g/mol. The topological polar surface area (TPSA) is 52.2 Å². The Kier molecular flexibility index (Phi) is 3.77. The zero-order chi connectivity index (χ0) is 16.0. The van der Waals surface area contributed by atoms with Crippen molar-refractivity contribution in [2.45, 2.75) is 25.8 Å². The number of carbonyl (C=O) groups is 1. The van der Waals surface area contributed by atoms with Crippen molar-refractivity contribution in [2.75, 3.05) is 26.2 Å². The lowest BCUT2D eigenvalue weighted by Gasteiger charge is -2.37. The number of halogens is 1. The average Bonchev–Trinajstić information content (AvgIpc) is 3.06. The van der Waals surface area contributed by atoms with Crippen molar-refractivity contribution < 1.29 is 4.79 Å². The smallest absolute Gasteiger partial charge is 0.275 e. The Hall–Kier alpha value is -1.59. The predicted molar refractivity (Wildman–Crippen MR) is 90.8 cm³/mol. The number of benzene rings is 1. The van der Waals surface area contributed by atoms with E-state index in [9.17, 15) is 4.79 Å². The Balaban J connectivity index is 1.62. The second-order valence-corrected chi connectivity index (χ2v) is 7.18. The van der Waals surface area contributed by atoms with E-state index in [1.165, 1.54) is 6.42 Å². The van der Waals surface area contributed by atoms with Gasteiger partial charge in [-0.2, -0.15) is 5.10 Å². The van der Waals surface area contributed by atoms with E-state index in [0.29, 0.717) is 16.6 Å². The van der Waals surface area contributed by atoms with Crippen LogP contribution in [-0.2, 0) is 0 Å². The molecule has 1 aromatic carbocycles. The van der Waals surface area contributed by atoms with E-state index in [1.54, 1.807) is 6.07 Å². The van der Waals surface area contributed by atoms with Crippen LogP contribution in [0.25, 0.3) is 10.9 Å². The number of carbonyl (C=O) groups excluding carboxylic acids is 1. The molecule has 23 heavy (non-hydrogen) atoms. The molecule has 5 nitrogen and oxygen atoms in total. The van der Waals surface area contributed by atoms with E-state index in [0.717, 1.165) is 43.5 Å². The van der Waals surface area contributed by atoms with Gasteiger partial charge >= 0.3 is 0 Å². The molecule has 2 atom stereocenters. The first kappa shape index (κ1) is 15.0. The zero-order valence-corrected chi connectivity index (χ0v) is 14.0. The summed E-state index contributed by atoms with van der Waals surface area (Å²) in [4.78, 5) is 17.5. The van der Waals surface area contributed by atoms with Gasteiger partial charge in [0.25, 0.3) is 5.91 Å². The molecular formula is C17H21ClN4O. The molecular weight excluding hydrogens is 312 g/mol. The van der Waals surface area contributed by atoms with Gasteiger partial charge in [-0.05, 0) is 50.0 Å². The molecule has 0 radical (unpaired) electrons. The van der Waals surface area contributed by atoms with Gasteiger partial charge in [-0.3, -0.25) is 9.89 Å². The normalized spacial score (nSPS) is 25.0. The van der Waals surface area contributed by atoms with Gasteiger partial charge < -0.3 is 9.80 Å². The number of H-pyrrole nitrogens is 1. The van der Waals surface area contributed by atoms with Crippen molar-refractivity contribution in [2.24, 2.45) is 5.92 Å². The fourth-order valence-corrected chi connectivity index (χ4v) is 3.83. The van der Waals surface area contributed by atoms with Crippen molar-refractivity contribution in [3.05, 3.63) is 28.9 Å². The third-order valence-corrected chi connectivity index (χ3v) is 5.50. The molecule has 122 valence electrons. The van der Waals surface area contributed by atoms with E-state index in [-0.39, 0.29) is 11.9 Å². The summed E-state index contributed by atoms with van der Waals surface area (Å²) in [7, 11) is 0. The van der Waals surface area contributed by atoms with Crippen LogP contribution in [-0.4, -0.2) is 58.1 Å². The Morgan fingerprint density at radius 2 is 2.22 bits per heavy atom. The van der Waals surface area contributed by atoms with Gasteiger partial charge in [-0.25, -0.2) is 0 Å². The Morgan fingerprint density at radius 1 is 1.39 bits per heavy atom. The second-order valence-electron chi connectivity index (χ2n) is 6.75. The Morgan fingerprint density at radius 3 is 2.96 bits per heavy atom. The van der Waals surface area contributed by atoms with Gasteiger partial charge in [0.1, 0.15) is 0 Å². The molecule has 6 heteroatoms. The summed E-state index contributed by atoms with van der Waals surface area (Å²) in [6.07, 6.45) is 2.34. The fourth-order valence-electron chi connectivity index (χ4n) is 3.65. The molecule has 1 amide bonds. The number of fused-ring (bicyclic) bond motifs is 1. The van der Waals surface area contributed by atoms with Crippen LogP contribution in [0.2, 0.25) is 5.02 Å². The molecule has 4 rings (SSSR count). The molecule has 2 aromatic rings. The van der Waals surface area contributed by atoms with Crippen LogP contribution in [0.4, 0.5) is 0 Å². The number of rotatable bonds is 3. The minimum absolute atomic E-state index is 0.0217. The molecule has 0 spiro atoms. The third kappa shape index (κ3) is 2.62. The van der Waals surface area contributed by atoms with Gasteiger partial charge in [-0.1, -0.05) is 18.5 Å². The SMILES string of the molecule is CC1CCN(C(=O)c2n[nH]c3ccc(Cl)cc23)C1CN1CCC1. The maximum Gasteiger partial charge on any atom is 0.275 e. The summed E-state index contributed by atoms with van der Waals surface area (Å²) in [6, 6.07) is 5.78. The number of aromatic amines is 1. The molecule has 2 aliphatic rings. The highest BCUT2D eigenvalue weighted by molar-refractivity contribution is 6.31. The summed E-state index contributed by atoms with van der Waals surface area (Å²) in [5.41, 5.74) is 1.34. The quantitative estimate of drug-likeness (QED) is 0.940. The Labute approximate surface area is 140 Å². The summed E-state index contributed by atoms with van der Waals surface area (Å²) >= 11 is 6.09. The van der Waals surface area contributed by atoms with Gasteiger partial charge in [0, 0.05) is 29.5 Å². The maximum atomic E-state index is 13.1.